The molecule has 0 bridgehead atoms. The molecule has 0 radical (unpaired) electrons. The van der Waals surface area contributed by atoms with Crippen LogP contribution in [0.4, 0.5) is 8.78 Å². The van der Waals surface area contributed by atoms with Gasteiger partial charge < -0.3 is 5.73 Å². The van der Waals surface area contributed by atoms with Crippen LogP contribution in [0.5, 0.6) is 0 Å². The number of hydrogen-bond acceptors (Lipinski definition) is 4. The van der Waals surface area contributed by atoms with E-state index >= 15 is 0 Å². The lowest BCUT2D eigenvalue weighted by molar-refractivity contribution is 0.523. The summed E-state index contributed by atoms with van der Waals surface area (Å²) < 4.78 is 53.8. The van der Waals surface area contributed by atoms with Gasteiger partial charge in [-0.3, -0.25) is 0 Å². The minimum Gasteiger partial charge on any atom is -0.326 e. The summed E-state index contributed by atoms with van der Waals surface area (Å²) in [6.45, 7) is 3.24. The van der Waals surface area contributed by atoms with E-state index in [-0.39, 0.29) is 6.04 Å². The first-order valence-corrected chi connectivity index (χ1v) is 8.74. The fraction of sp³-hybridized carbons (Fsp3) is 0.500. The van der Waals surface area contributed by atoms with E-state index in [4.69, 9.17) is 5.73 Å². The van der Waals surface area contributed by atoms with Gasteiger partial charge in [-0.25, -0.2) is 21.9 Å². The fourth-order valence-electron chi connectivity index (χ4n) is 1.63. The Bertz CT molecular complexity index is 565. The van der Waals surface area contributed by atoms with Crippen LogP contribution < -0.4 is 10.5 Å². The van der Waals surface area contributed by atoms with Crippen molar-refractivity contribution in [2.24, 2.45) is 5.73 Å². The normalized spacial score (nSPS) is 13.4. The van der Waals surface area contributed by atoms with Crippen molar-refractivity contribution in [1.29, 1.82) is 0 Å². The third-order valence-corrected chi connectivity index (χ3v) is 5.32. The van der Waals surface area contributed by atoms with Crippen LogP contribution in [0.1, 0.15) is 19.4 Å². The molecule has 0 aromatic heterocycles. The van der Waals surface area contributed by atoms with E-state index in [0.717, 1.165) is 17.9 Å². The number of sulfonamides is 1. The van der Waals surface area contributed by atoms with E-state index in [1.807, 2.05) is 6.92 Å². The molecule has 1 unspecified atom stereocenters. The molecule has 0 saturated carbocycles. The van der Waals surface area contributed by atoms with Gasteiger partial charge in [0.1, 0.15) is 10.7 Å². The van der Waals surface area contributed by atoms with Gasteiger partial charge in [0.2, 0.25) is 10.0 Å². The summed E-state index contributed by atoms with van der Waals surface area (Å²) in [5, 5.41) is 0. The van der Waals surface area contributed by atoms with Gasteiger partial charge in [0, 0.05) is 23.9 Å². The van der Waals surface area contributed by atoms with Crippen molar-refractivity contribution in [2.45, 2.75) is 31.3 Å². The second-order valence-corrected chi connectivity index (χ2v) is 7.23. The highest BCUT2D eigenvalue weighted by Gasteiger charge is 2.24. The second-order valence-electron chi connectivity index (χ2n) is 4.22. The zero-order chi connectivity index (χ0) is 15.3. The Labute approximate surface area is 122 Å². The molecular weight excluding hydrogens is 306 g/mol. The van der Waals surface area contributed by atoms with Crippen LogP contribution >= 0.6 is 11.8 Å². The standard InChI is InChI=1S/C12H18F2N2O2S2/c1-3-19-7-8(2)16-20(17,18)11-5-4-10(13)9(6-15)12(11)14/h4-5,8,16H,3,6-7,15H2,1-2H3. The number of nitrogens with one attached hydrogen (secondary N) is 1. The second kappa shape index (κ2) is 7.35. The van der Waals surface area contributed by atoms with Gasteiger partial charge in [0.15, 0.2) is 5.82 Å². The first-order chi connectivity index (χ1) is 9.33. The van der Waals surface area contributed by atoms with Crippen LogP contribution in [-0.4, -0.2) is 26.0 Å². The van der Waals surface area contributed by atoms with E-state index in [9.17, 15) is 17.2 Å². The Morgan fingerprint density at radius 1 is 1.40 bits per heavy atom. The summed E-state index contributed by atoms with van der Waals surface area (Å²) in [4.78, 5) is -0.576. The van der Waals surface area contributed by atoms with E-state index < -0.39 is 38.7 Å². The molecular formula is C12H18F2N2O2S2. The molecule has 1 rings (SSSR count). The molecule has 0 aliphatic rings. The quantitative estimate of drug-likeness (QED) is 0.803. The van der Waals surface area contributed by atoms with Crippen molar-refractivity contribution in [1.82, 2.24) is 4.72 Å². The van der Waals surface area contributed by atoms with Gasteiger partial charge in [-0.15, -0.1) is 0 Å². The van der Waals surface area contributed by atoms with Crippen LogP contribution in [0.25, 0.3) is 0 Å². The minimum absolute atomic E-state index is 0.351. The highest BCUT2D eigenvalue weighted by molar-refractivity contribution is 7.99. The minimum atomic E-state index is -4.03. The van der Waals surface area contributed by atoms with E-state index in [0.29, 0.717) is 5.75 Å². The average Bonchev–Trinajstić information content (AvgIpc) is 2.36. The summed E-state index contributed by atoms with van der Waals surface area (Å²) in [6.07, 6.45) is 0. The predicted octanol–water partition coefficient (Wildman–Crippen LogP) is 1.84. The Morgan fingerprint density at radius 3 is 2.60 bits per heavy atom. The Morgan fingerprint density at radius 2 is 2.05 bits per heavy atom. The number of hydrogen-bond donors (Lipinski definition) is 2. The molecule has 0 fully saturated rings. The molecule has 1 atom stereocenters. The van der Waals surface area contributed by atoms with E-state index in [2.05, 4.69) is 4.72 Å². The number of thioether (sulfide) groups is 1. The topological polar surface area (TPSA) is 72.2 Å². The molecule has 0 aliphatic heterocycles. The van der Waals surface area contributed by atoms with Gasteiger partial charge in [0.05, 0.1) is 0 Å². The molecule has 0 aliphatic carbocycles. The number of rotatable bonds is 7. The Balaban J connectivity index is 3.04. The SMILES string of the molecule is CCSCC(C)NS(=O)(=O)c1ccc(F)c(CN)c1F. The van der Waals surface area contributed by atoms with Gasteiger partial charge in [0.25, 0.3) is 0 Å². The zero-order valence-corrected chi connectivity index (χ0v) is 13.0. The zero-order valence-electron chi connectivity index (χ0n) is 11.3. The lowest BCUT2D eigenvalue weighted by atomic mass is 10.2. The number of benzene rings is 1. The van der Waals surface area contributed by atoms with Crippen molar-refractivity contribution < 1.29 is 17.2 Å². The van der Waals surface area contributed by atoms with E-state index in [1.165, 1.54) is 0 Å². The van der Waals surface area contributed by atoms with Crippen molar-refractivity contribution >= 4 is 21.8 Å². The van der Waals surface area contributed by atoms with Gasteiger partial charge in [-0.2, -0.15) is 11.8 Å². The molecule has 114 valence electrons. The summed E-state index contributed by atoms with van der Waals surface area (Å²) >= 11 is 1.57. The van der Waals surface area contributed by atoms with Crippen molar-refractivity contribution in [2.75, 3.05) is 11.5 Å². The highest BCUT2D eigenvalue weighted by Crippen LogP contribution is 2.21. The first-order valence-electron chi connectivity index (χ1n) is 6.10. The van der Waals surface area contributed by atoms with Crippen LogP contribution in [0, 0.1) is 11.6 Å². The molecule has 0 saturated heterocycles. The predicted molar refractivity (Wildman–Crippen MR) is 77.0 cm³/mol. The first kappa shape index (κ1) is 17.4. The third-order valence-electron chi connectivity index (χ3n) is 2.57. The van der Waals surface area contributed by atoms with Crippen molar-refractivity contribution in [3.8, 4) is 0 Å². The monoisotopic (exact) mass is 324 g/mol. The average molecular weight is 324 g/mol. The number of halogens is 2. The van der Waals surface area contributed by atoms with Crippen molar-refractivity contribution in [3.05, 3.63) is 29.3 Å². The number of nitrogens with two attached hydrogens (primary N) is 1. The maximum atomic E-state index is 14.0. The van der Waals surface area contributed by atoms with Gasteiger partial charge in [-0.1, -0.05) is 6.92 Å². The van der Waals surface area contributed by atoms with Gasteiger partial charge >= 0.3 is 0 Å². The summed E-state index contributed by atoms with van der Waals surface area (Å²) in [7, 11) is -4.03. The van der Waals surface area contributed by atoms with Crippen LogP contribution in [0.2, 0.25) is 0 Å². The summed E-state index contributed by atoms with van der Waals surface area (Å²) in [5.74, 6) is -0.551. The van der Waals surface area contributed by atoms with Crippen LogP contribution in [0.3, 0.4) is 0 Å². The molecule has 0 spiro atoms. The van der Waals surface area contributed by atoms with E-state index in [1.54, 1.807) is 18.7 Å². The van der Waals surface area contributed by atoms with Crippen LogP contribution in [0.15, 0.2) is 17.0 Å². The molecule has 8 heteroatoms. The summed E-state index contributed by atoms with van der Waals surface area (Å²) in [6, 6.07) is 1.47. The smallest absolute Gasteiger partial charge is 0.243 e. The van der Waals surface area contributed by atoms with Crippen molar-refractivity contribution in [3.63, 3.8) is 0 Å². The summed E-state index contributed by atoms with van der Waals surface area (Å²) in [5.41, 5.74) is 4.80. The Kier molecular flexibility index (Phi) is 6.38. The molecule has 3 N–H and O–H groups in total. The maximum Gasteiger partial charge on any atom is 0.243 e. The van der Waals surface area contributed by atoms with Crippen LogP contribution in [-0.2, 0) is 16.6 Å². The lowest BCUT2D eigenvalue weighted by Crippen LogP contribution is -2.35. The van der Waals surface area contributed by atoms with Gasteiger partial charge in [-0.05, 0) is 24.8 Å². The molecule has 20 heavy (non-hydrogen) atoms. The Hall–Kier alpha value is -0.700. The lowest BCUT2D eigenvalue weighted by Gasteiger charge is -2.15. The molecule has 4 nitrogen and oxygen atoms in total. The maximum absolute atomic E-state index is 14.0. The molecule has 1 aromatic carbocycles. The fourth-order valence-corrected chi connectivity index (χ4v) is 3.75. The third kappa shape index (κ3) is 4.15. The highest BCUT2D eigenvalue weighted by atomic mass is 32.2. The largest absolute Gasteiger partial charge is 0.326 e. The molecule has 0 heterocycles. The molecule has 1 aromatic rings. The molecule has 0 amide bonds.